The number of halogens is 1. The Labute approximate surface area is 297 Å². The van der Waals surface area contributed by atoms with E-state index in [4.69, 9.17) is 10.6 Å². The SMILES string of the molecule is Cc1c(Nc2nc3ccccc3s2)nnc2c1CCCN2c1nc(C(=O)O)c(CCCOc2ccc(C#CC[N+]3(N)CCCCC3)cc2F)s1. The van der Waals surface area contributed by atoms with Crippen LogP contribution in [0, 0.1) is 24.6 Å². The minimum atomic E-state index is -1.09. The van der Waals surface area contributed by atoms with Gasteiger partial charge in [-0.25, -0.2) is 23.7 Å². The first-order chi connectivity index (χ1) is 24.3. The number of para-hydroxylation sites is 1. The third-order valence-corrected chi connectivity index (χ3v) is 11.2. The summed E-state index contributed by atoms with van der Waals surface area (Å²) < 4.78 is 22.1. The molecule has 1 saturated heterocycles. The van der Waals surface area contributed by atoms with E-state index >= 15 is 0 Å². The number of carbonyl (C=O) groups is 1. The molecule has 0 saturated carbocycles. The van der Waals surface area contributed by atoms with E-state index in [0.717, 1.165) is 65.2 Å². The number of aromatic carboxylic acids is 1. The van der Waals surface area contributed by atoms with Gasteiger partial charge in [0, 0.05) is 28.1 Å². The van der Waals surface area contributed by atoms with Crippen LogP contribution in [0.3, 0.4) is 0 Å². The van der Waals surface area contributed by atoms with Crippen molar-refractivity contribution in [3.05, 3.63) is 75.5 Å². The highest BCUT2D eigenvalue weighted by Gasteiger charge is 2.29. The zero-order valence-corrected chi connectivity index (χ0v) is 29.4. The number of hydrogen-bond acceptors (Lipinski definition) is 11. The van der Waals surface area contributed by atoms with Gasteiger partial charge in [-0.05, 0) is 88.1 Å². The van der Waals surface area contributed by atoms with Crippen molar-refractivity contribution in [2.45, 2.75) is 51.9 Å². The number of hydrogen-bond donors (Lipinski definition) is 3. The summed E-state index contributed by atoms with van der Waals surface area (Å²) in [6.45, 7) is 5.24. The lowest BCUT2D eigenvalue weighted by Gasteiger charge is -2.34. The Hall–Kier alpha value is -4.68. The molecule has 11 nitrogen and oxygen atoms in total. The second kappa shape index (κ2) is 14.7. The Morgan fingerprint density at radius 3 is 2.76 bits per heavy atom. The minimum Gasteiger partial charge on any atom is -0.491 e. The molecule has 4 N–H and O–H groups in total. The number of thiazole rings is 2. The predicted molar refractivity (Wildman–Crippen MR) is 194 cm³/mol. The monoisotopic (exact) mass is 713 g/mol. The molecule has 2 aromatic carbocycles. The van der Waals surface area contributed by atoms with Gasteiger partial charge in [-0.15, -0.1) is 21.5 Å². The number of benzene rings is 2. The van der Waals surface area contributed by atoms with Crippen LogP contribution in [-0.2, 0) is 12.8 Å². The molecule has 258 valence electrons. The fourth-order valence-corrected chi connectivity index (χ4v) is 8.40. The smallest absolute Gasteiger partial charge is 0.355 e. The third kappa shape index (κ3) is 7.41. The first kappa shape index (κ1) is 33.8. The number of likely N-dealkylation sites (tertiary alicyclic amines) is 1. The summed E-state index contributed by atoms with van der Waals surface area (Å²) >= 11 is 2.89. The number of anilines is 4. The molecule has 0 unspecified atom stereocenters. The summed E-state index contributed by atoms with van der Waals surface area (Å²) in [6.07, 6.45) is 5.99. The molecule has 0 bridgehead atoms. The van der Waals surface area contributed by atoms with Crippen LogP contribution in [0.4, 0.5) is 26.3 Å². The van der Waals surface area contributed by atoms with E-state index in [9.17, 15) is 14.3 Å². The van der Waals surface area contributed by atoms with Crippen molar-refractivity contribution in [3.63, 3.8) is 0 Å². The van der Waals surface area contributed by atoms with Crippen LogP contribution < -0.4 is 20.8 Å². The molecule has 14 heteroatoms. The highest BCUT2D eigenvalue weighted by Crippen LogP contribution is 2.39. The molecule has 1 fully saturated rings. The van der Waals surface area contributed by atoms with Crippen LogP contribution in [0.1, 0.15) is 64.2 Å². The van der Waals surface area contributed by atoms with Crippen molar-refractivity contribution in [1.29, 1.82) is 0 Å². The summed E-state index contributed by atoms with van der Waals surface area (Å²) in [5.74, 6) is 12.4. The number of nitrogens with zero attached hydrogens (tertiary/aromatic N) is 6. The highest BCUT2D eigenvalue weighted by molar-refractivity contribution is 7.22. The minimum absolute atomic E-state index is 0.0103. The van der Waals surface area contributed by atoms with Crippen molar-refractivity contribution in [2.24, 2.45) is 5.84 Å². The summed E-state index contributed by atoms with van der Waals surface area (Å²) in [7, 11) is 0. The van der Waals surface area contributed by atoms with Crippen LogP contribution in [0.2, 0.25) is 0 Å². The number of carboxylic acids is 1. The van der Waals surface area contributed by atoms with Gasteiger partial charge in [-0.1, -0.05) is 29.4 Å². The number of aromatic nitrogens is 4. The average molecular weight is 714 g/mol. The average Bonchev–Trinajstić information content (AvgIpc) is 3.73. The molecule has 0 radical (unpaired) electrons. The van der Waals surface area contributed by atoms with Crippen LogP contribution in [0.15, 0.2) is 42.5 Å². The molecule has 0 aliphatic carbocycles. The molecule has 50 heavy (non-hydrogen) atoms. The first-order valence-corrected chi connectivity index (χ1v) is 18.4. The first-order valence-electron chi connectivity index (χ1n) is 16.8. The Bertz CT molecular complexity index is 2070. The van der Waals surface area contributed by atoms with Crippen LogP contribution >= 0.6 is 22.7 Å². The maximum absolute atomic E-state index is 14.8. The van der Waals surface area contributed by atoms with Crippen LogP contribution in [0.25, 0.3) is 10.2 Å². The summed E-state index contributed by atoms with van der Waals surface area (Å²) in [6, 6.07) is 12.7. The number of nitrogens with one attached hydrogen (secondary N) is 1. The molecule has 0 amide bonds. The van der Waals surface area contributed by atoms with Gasteiger partial charge in [0.05, 0.1) is 29.9 Å². The van der Waals surface area contributed by atoms with Gasteiger partial charge in [0.2, 0.25) is 0 Å². The van der Waals surface area contributed by atoms with Crippen molar-refractivity contribution in [1.82, 2.24) is 20.2 Å². The number of nitrogens with two attached hydrogens (primary N) is 1. The third-order valence-electron chi connectivity index (χ3n) is 9.10. The fourth-order valence-electron chi connectivity index (χ4n) is 6.41. The number of fused-ring (bicyclic) bond motifs is 2. The van der Waals surface area contributed by atoms with Gasteiger partial charge in [0.15, 0.2) is 45.7 Å². The largest absolute Gasteiger partial charge is 0.491 e. The molecule has 5 aromatic rings. The molecule has 2 aliphatic rings. The Morgan fingerprint density at radius 2 is 1.96 bits per heavy atom. The number of piperidine rings is 1. The zero-order chi connectivity index (χ0) is 34.7. The molecule has 0 atom stereocenters. The number of rotatable bonds is 10. The maximum atomic E-state index is 14.8. The number of quaternary nitrogens is 1. The van der Waals surface area contributed by atoms with Gasteiger partial charge in [0.25, 0.3) is 0 Å². The lowest BCUT2D eigenvalue weighted by Crippen LogP contribution is -2.57. The number of aryl methyl sites for hydroxylation is 1. The lowest BCUT2D eigenvalue weighted by atomic mass is 10.0. The standard InChI is InChI=1S/C36H37FN8O3S2/c1-23-25-11-7-17-44(33(25)43-42-32(23)41-35-39-27-12-3-4-13-29(27)49-35)36-40-31(34(46)47)30(50-36)14-9-21-48-28-16-15-24(22-26(28)37)10-8-20-45(38)18-5-2-6-19-45/h3-4,12-13,15-16,22H,2,5-7,9,11,14,17-21,38H2,1H3,(H-,39,41,42,46,47)/p+1. The maximum Gasteiger partial charge on any atom is 0.355 e. The van der Waals surface area contributed by atoms with E-state index in [0.29, 0.717) is 57.7 Å². The quantitative estimate of drug-likeness (QED) is 0.0616. The Morgan fingerprint density at radius 1 is 1.12 bits per heavy atom. The second-order valence-corrected chi connectivity index (χ2v) is 14.8. The van der Waals surface area contributed by atoms with Crippen LogP contribution in [0.5, 0.6) is 5.75 Å². The molecular formula is C36H38FN8O3S2+. The predicted octanol–water partition coefficient (Wildman–Crippen LogP) is 6.75. The van der Waals surface area contributed by atoms with E-state index in [1.165, 1.54) is 23.8 Å². The number of ether oxygens (including phenoxy) is 1. The Balaban J connectivity index is 0.989. The van der Waals surface area contributed by atoms with Crippen molar-refractivity contribution in [2.75, 3.05) is 43.0 Å². The summed E-state index contributed by atoms with van der Waals surface area (Å²) in [5, 5.41) is 23.7. The molecule has 5 heterocycles. The molecule has 2 aliphatic heterocycles. The molecule has 3 aromatic heterocycles. The fraction of sp³-hybridized carbons (Fsp3) is 0.361. The molecule has 7 rings (SSSR count). The van der Waals surface area contributed by atoms with Crippen molar-refractivity contribution >= 4 is 60.8 Å². The van der Waals surface area contributed by atoms with Gasteiger partial charge < -0.3 is 20.1 Å². The molecular weight excluding hydrogens is 676 g/mol. The van der Waals surface area contributed by atoms with E-state index in [-0.39, 0.29) is 18.1 Å². The van der Waals surface area contributed by atoms with Gasteiger partial charge in [-0.3, -0.25) is 0 Å². The van der Waals surface area contributed by atoms with Gasteiger partial charge in [-0.2, -0.15) is 5.84 Å². The van der Waals surface area contributed by atoms with E-state index in [1.807, 2.05) is 36.1 Å². The van der Waals surface area contributed by atoms with Crippen molar-refractivity contribution < 1.29 is 23.6 Å². The summed E-state index contributed by atoms with van der Waals surface area (Å²) in [4.78, 5) is 24.0. The second-order valence-electron chi connectivity index (χ2n) is 12.7. The van der Waals surface area contributed by atoms with Crippen LogP contribution in [-0.4, -0.2) is 68.6 Å². The summed E-state index contributed by atoms with van der Waals surface area (Å²) in [5.41, 5.74) is 3.52. The molecule has 0 spiro atoms. The topological polar surface area (TPSA) is 139 Å². The van der Waals surface area contributed by atoms with Gasteiger partial charge >= 0.3 is 5.97 Å². The Kier molecular flexibility index (Phi) is 9.91. The number of carboxylic acid groups (broad SMARTS) is 1. The van der Waals surface area contributed by atoms with Crippen molar-refractivity contribution in [3.8, 4) is 17.6 Å². The van der Waals surface area contributed by atoms with Gasteiger partial charge in [0.1, 0.15) is 0 Å². The van der Waals surface area contributed by atoms with E-state index in [2.05, 4.69) is 37.3 Å². The highest BCUT2D eigenvalue weighted by atomic mass is 32.1. The normalized spacial score (nSPS) is 15.3. The zero-order valence-electron chi connectivity index (χ0n) is 27.7. The van der Waals surface area contributed by atoms with E-state index in [1.54, 1.807) is 23.5 Å². The van der Waals surface area contributed by atoms with E-state index < -0.39 is 11.8 Å². The lowest BCUT2D eigenvalue weighted by molar-refractivity contribution is -0.937.